The standard InChI is InChI=1S/C20H18Cl2N2O8S/c21-9-3-8-6-24(20(33)32-16(8)11(22)4-9)10-1-2-12(23-5-10)18(28)31-17-14(26)13(7-25)30-19(29)15(17)27/h1-5,13-15,17,19,25-27,29H,6-7H2/t13?,14-,15-,17+,19?/m1/s1. The highest BCUT2D eigenvalue weighted by atomic mass is 35.5. The van der Waals surface area contributed by atoms with Crippen LogP contribution < -0.4 is 9.64 Å². The fraction of sp³-hybridized carbons (Fsp3) is 0.350. The zero-order valence-corrected chi connectivity index (χ0v) is 19.0. The highest BCUT2D eigenvalue weighted by molar-refractivity contribution is 7.80. The van der Waals surface area contributed by atoms with Gasteiger partial charge in [-0.2, -0.15) is 0 Å². The van der Waals surface area contributed by atoms with Crippen LogP contribution in [-0.2, 0) is 16.0 Å². The Balaban J connectivity index is 1.49. The maximum atomic E-state index is 12.5. The quantitative estimate of drug-likeness (QED) is 0.341. The molecule has 4 rings (SSSR count). The average molecular weight is 517 g/mol. The zero-order valence-electron chi connectivity index (χ0n) is 16.7. The summed E-state index contributed by atoms with van der Waals surface area (Å²) in [7, 11) is 0. The van der Waals surface area contributed by atoms with E-state index in [1.165, 1.54) is 12.3 Å². The smallest absolute Gasteiger partial charge is 0.357 e. The number of aromatic nitrogens is 1. The van der Waals surface area contributed by atoms with Crippen molar-refractivity contribution in [2.45, 2.75) is 37.3 Å². The summed E-state index contributed by atoms with van der Waals surface area (Å²) in [5.41, 5.74) is 1.10. The number of fused-ring (bicyclic) bond motifs is 1. The van der Waals surface area contributed by atoms with Crippen LogP contribution in [0.5, 0.6) is 5.75 Å². The number of benzene rings is 1. The number of thiocarbonyl (C=S) groups is 1. The van der Waals surface area contributed by atoms with E-state index in [0.29, 0.717) is 33.6 Å². The van der Waals surface area contributed by atoms with E-state index in [0.717, 1.165) is 0 Å². The second-order valence-corrected chi connectivity index (χ2v) is 8.52. The molecule has 0 radical (unpaired) electrons. The molecule has 2 aromatic rings. The highest BCUT2D eigenvalue weighted by Crippen LogP contribution is 2.37. The SMILES string of the molecule is O=C(O[C@H]1[C@H](O)C(CO)OC(O)[C@@H]1O)c1ccc(N2Cc3cc(Cl)cc(Cl)c3OC2=S)cn1. The van der Waals surface area contributed by atoms with Gasteiger partial charge in [0, 0.05) is 10.6 Å². The van der Waals surface area contributed by atoms with Crippen LogP contribution in [0.1, 0.15) is 16.1 Å². The van der Waals surface area contributed by atoms with E-state index in [2.05, 4.69) is 4.98 Å². The first kappa shape index (κ1) is 24.0. The fourth-order valence-corrected chi connectivity index (χ4v) is 4.30. The predicted octanol–water partition coefficient (Wildman–Crippen LogP) is 1.03. The van der Waals surface area contributed by atoms with Gasteiger partial charge in [-0.3, -0.25) is 4.90 Å². The average Bonchev–Trinajstić information content (AvgIpc) is 2.79. The number of hydrogen-bond donors (Lipinski definition) is 4. The summed E-state index contributed by atoms with van der Waals surface area (Å²) >= 11 is 17.5. The Bertz CT molecular complexity index is 1070. The van der Waals surface area contributed by atoms with Gasteiger partial charge in [0.2, 0.25) is 0 Å². The van der Waals surface area contributed by atoms with Crippen molar-refractivity contribution >= 4 is 52.3 Å². The molecule has 1 saturated heterocycles. The molecule has 13 heteroatoms. The molecule has 2 unspecified atom stereocenters. The van der Waals surface area contributed by atoms with E-state index in [1.807, 2.05) is 0 Å². The number of carbonyl (C=O) groups excluding carboxylic acids is 1. The molecule has 0 saturated carbocycles. The first-order valence-corrected chi connectivity index (χ1v) is 10.8. The molecule has 0 aliphatic carbocycles. The minimum atomic E-state index is -1.75. The molecule has 3 heterocycles. The van der Waals surface area contributed by atoms with Crippen LogP contribution in [0.3, 0.4) is 0 Å². The first-order chi connectivity index (χ1) is 15.7. The zero-order chi connectivity index (χ0) is 23.9. The number of aliphatic hydroxyl groups excluding tert-OH is 4. The molecule has 0 bridgehead atoms. The highest BCUT2D eigenvalue weighted by Gasteiger charge is 2.46. The van der Waals surface area contributed by atoms with Crippen molar-refractivity contribution in [3.63, 3.8) is 0 Å². The number of hydrogen-bond acceptors (Lipinski definition) is 10. The number of nitrogens with zero attached hydrogens (tertiary/aromatic N) is 2. The maximum Gasteiger partial charge on any atom is 0.357 e. The van der Waals surface area contributed by atoms with Gasteiger partial charge < -0.3 is 34.6 Å². The van der Waals surface area contributed by atoms with Gasteiger partial charge in [0.15, 0.2) is 18.1 Å². The minimum absolute atomic E-state index is 0.126. The Morgan fingerprint density at radius 1 is 1.24 bits per heavy atom. The third-order valence-corrected chi connectivity index (χ3v) is 5.98. The summed E-state index contributed by atoms with van der Waals surface area (Å²) in [6.45, 7) is -0.343. The summed E-state index contributed by atoms with van der Waals surface area (Å²) in [4.78, 5) is 18.2. The van der Waals surface area contributed by atoms with Crippen molar-refractivity contribution in [3.05, 3.63) is 51.8 Å². The van der Waals surface area contributed by atoms with E-state index in [1.54, 1.807) is 23.1 Å². The Kier molecular flexibility index (Phi) is 7.03. The maximum absolute atomic E-state index is 12.5. The van der Waals surface area contributed by atoms with Gasteiger partial charge in [0.05, 0.1) is 30.1 Å². The normalized spacial score (nSPS) is 27.0. The third kappa shape index (κ3) is 4.77. The molecule has 2 aliphatic rings. The van der Waals surface area contributed by atoms with Gasteiger partial charge in [0.1, 0.15) is 24.0 Å². The van der Waals surface area contributed by atoms with Crippen molar-refractivity contribution in [1.82, 2.24) is 4.98 Å². The molecule has 1 fully saturated rings. The Labute approximate surface area is 202 Å². The van der Waals surface area contributed by atoms with Gasteiger partial charge in [-0.15, -0.1) is 0 Å². The molecule has 5 atom stereocenters. The molecular weight excluding hydrogens is 499 g/mol. The van der Waals surface area contributed by atoms with E-state index < -0.39 is 43.3 Å². The van der Waals surface area contributed by atoms with Crippen LogP contribution in [0, 0.1) is 0 Å². The molecule has 33 heavy (non-hydrogen) atoms. The monoisotopic (exact) mass is 516 g/mol. The number of anilines is 1. The lowest BCUT2D eigenvalue weighted by atomic mass is 9.99. The topological polar surface area (TPSA) is 142 Å². The summed E-state index contributed by atoms with van der Waals surface area (Å²) in [6, 6.07) is 6.17. The van der Waals surface area contributed by atoms with E-state index >= 15 is 0 Å². The van der Waals surface area contributed by atoms with Crippen LogP contribution in [0.2, 0.25) is 10.0 Å². The first-order valence-electron chi connectivity index (χ1n) is 9.64. The number of halogens is 2. The Morgan fingerprint density at radius 3 is 2.67 bits per heavy atom. The molecule has 4 N–H and O–H groups in total. The van der Waals surface area contributed by atoms with E-state index in [4.69, 9.17) is 49.6 Å². The summed E-state index contributed by atoms with van der Waals surface area (Å²) in [5.74, 6) is -0.538. The predicted molar refractivity (Wildman–Crippen MR) is 119 cm³/mol. The van der Waals surface area contributed by atoms with Crippen LogP contribution in [0.25, 0.3) is 0 Å². The van der Waals surface area contributed by atoms with Gasteiger partial charge in [-0.1, -0.05) is 23.2 Å². The number of rotatable bonds is 4. The summed E-state index contributed by atoms with van der Waals surface area (Å²) in [5, 5.41) is 40.0. The number of ether oxygens (including phenoxy) is 3. The van der Waals surface area contributed by atoms with Crippen LogP contribution in [0.4, 0.5) is 5.69 Å². The van der Waals surface area contributed by atoms with Crippen molar-refractivity contribution < 1.29 is 39.4 Å². The molecular formula is C20H18Cl2N2O8S. The fourth-order valence-electron chi connectivity index (χ4n) is 3.48. The van der Waals surface area contributed by atoms with Crippen LogP contribution in [0.15, 0.2) is 30.5 Å². The minimum Gasteiger partial charge on any atom is -0.452 e. The number of pyridine rings is 1. The molecule has 2 aliphatic heterocycles. The molecule has 176 valence electrons. The molecule has 10 nitrogen and oxygen atoms in total. The lowest BCUT2D eigenvalue weighted by Crippen LogP contribution is -2.59. The second-order valence-electron chi connectivity index (χ2n) is 7.33. The van der Waals surface area contributed by atoms with Gasteiger partial charge >= 0.3 is 5.97 Å². The number of carbonyl (C=O) groups is 1. The van der Waals surface area contributed by atoms with Crippen molar-refractivity contribution in [1.29, 1.82) is 0 Å². The van der Waals surface area contributed by atoms with Gasteiger partial charge in [-0.05, 0) is 36.5 Å². The number of esters is 1. The molecule has 1 aromatic carbocycles. The second kappa shape index (κ2) is 9.65. The van der Waals surface area contributed by atoms with Crippen LogP contribution in [-0.4, -0.2) is 73.9 Å². The van der Waals surface area contributed by atoms with E-state index in [9.17, 15) is 25.2 Å². The van der Waals surface area contributed by atoms with E-state index in [-0.39, 0.29) is 10.9 Å². The van der Waals surface area contributed by atoms with Crippen molar-refractivity contribution in [2.24, 2.45) is 0 Å². The lowest BCUT2D eigenvalue weighted by molar-refractivity contribution is -0.285. The molecule has 0 spiro atoms. The largest absolute Gasteiger partial charge is 0.452 e. The van der Waals surface area contributed by atoms with Crippen LogP contribution >= 0.6 is 35.4 Å². The summed E-state index contributed by atoms with van der Waals surface area (Å²) < 4.78 is 15.7. The van der Waals surface area contributed by atoms with Gasteiger partial charge in [0.25, 0.3) is 5.17 Å². The van der Waals surface area contributed by atoms with Gasteiger partial charge in [-0.25, -0.2) is 9.78 Å². The Morgan fingerprint density at radius 2 is 2.00 bits per heavy atom. The Hall–Kier alpha value is -2.09. The van der Waals surface area contributed by atoms with Crippen molar-refractivity contribution in [2.75, 3.05) is 11.5 Å². The third-order valence-electron chi connectivity index (χ3n) is 5.18. The molecule has 1 aromatic heterocycles. The van der Waals surface area contributed by atoms with Crippen molar-refractivity contribution in [3.8, 4) is 5.75 Å². The molecule has 0 amide bonds. The lowest BCUT2D eigenvalue weighted by Gasteiger charge is -2.39. The summed E-state index contributed by atoms with van der Waals surface area (Å²) in [6.07, 6.45) is -6.42. The number of aliphatic hydroxyl groups is 4.